The fourth-order valence-corrected chi connectivity index (χ4v) is 4.10. The summed E-state index contributed by atoms with van der Waals surface area (Å²) < 4.78 is 17.4. The highest BCUT2D eigenvalue weighted by molar-refractivity contribution is 8.04. The Bertz CT molecular complexity index is 990. The van der Waals surface area contributed by atoms with Gasteiger partial charge in [0.25, 0.3) is 0 Å². The molecule has 166 valence electrons. The van der Waals surface area contributed by atoms with Crippen molar-refractivity contribution in [3.05, 3.63) is 64.7 Å². The Morgan fingerprint density at radius 3 is 2.45 bits per heavy atom. The fraction of sp³-hybridized carbons (Fsp3) is 0.318. The Morgan fingerprint density at radius 1 is 1.13 bits per heavy atom. The first-order valence-corrected chi connectivity index (χ1v) is 10.8. The normalized spacial score (nSPS) is 14.0. The van der Waals surface area contributed by atoms with Gasteiger partial charge in [-0.1, -0.05) is 67.7 Å². The van der Waals surface area contributed by atoms with Gasteiger partial charge in [-0.15, -0.1) is 0 Å². The van der Waals surface area contributed by atoms with E-state index in [1.807, 2.05) is 37.3 Å². The number of rotatable bonds is 9. The van der Waals surface area contributed by atoms with E-state index >= 15 is 0 Å². The second-order valence-corrected chi connectivity index (χ2v) is 9.69. The van der Waals surface area contributed by atoms with Crippen LogP contribution in [0.15, 0.2) is 57.7 Å². The summed E-state index contributed by atoms with van der Waals surface area (Å²) in [6.45, 7) is 5.26. The Hall–Kier alpha value is -2.44. The first-order chi connectivity index (χ1) is 14.7. The number of esters is 1. The number of hydrogen-bond donors (Lipinski definition) is 0. The van der Waals surface area contributed by atoms with Gasteiger partial charge in [0.15, 0.2) is 10.5 Å². The van der Waals surface area contributed by atoms with Crippen molar-refractivity contribution < 1.29 is 23.6 Å². The number of aryl methyl sites for hydroxylation is 1. The number of methoxy groups -OCH3 is 1. The second kappa shape index (κ2) is 11.3. The van der Waals surface area contributed by atoms with Crippen LogP contribution in [0.4, 0.5) is 4.39 Å². The number of alkyl halides is 1. The van der Waals surface area contributed by atoms with Crippen LogP contribution in [-0.2, 0) is 25.8 Å². The number of nitrogens with zero attached hydrogens (tertiary/aromatic N) is 2. The number of oxime groups is 2. The molecule has 0 amide bonds. The molecule has 2 aromatic carbocycles. The fourth-order valence-electron chi connectivity index (χ4n) is 2.81. The number of thioether (sulfide) groups is 1. The summed E-state index contributed by atoms with van der Waals surface area (Å²) in [6, 6.07) is 12.9. The zero-order chi connectivity index (χ0) is 23.0. The van der Waals surface area contributed by atoms with Gasteiger partial charge in [-0.3, -0.25) is 0 Å². The number of benzene rings is 2. The van der Waals surface area contributed by atoms with E-state index in [1.54, 1.807) is 19.1 Å². The molecule has 31 heavy (non-hydrogen) atoms. The molecule has 2 rings (SSSR count). The van der Waals surface area contributed by atoms with Crippen LogP contribution in [0.3, 0.4) is 0 Å². The first kappa shape index (κ1) is 24.8. The van der Waals surface area contributed by atoms with Crippen molar-refractivity contribution in [1.29, 1.82) is 0 Å². The summed E-state index contributed by atoms with van der Waals surface area (Å²) in [6.07, 6.45) is 0. The molecule has 0 bridgehead atoms. The highest BCUT2D eigenvalue weighted by Gasteiger charge is 2.22. The number of ether oxygens (including phenoxy) is 1. The van der Waals surface area contributed by atoms with E-state index in [4.69, 9.17) is 14.4 Å². The van der Waals surface area contributed by atoms with Crippen molar-refractivity contribution in [1.82, 2.24) is 0 Å². The summed E-state index contributed by atoms with van der Waals surface area (Å²) >= 11 is 1.08. The molecule has 2 unspecified atom stereocenters. The van der Waals surface area contributed by atoms with Crippen LogP contribution in [0.5, 0.6) is 0 Å². The van der Waals surface area contributed by atoms with Gasteiger partial charge >= 0.3 is 5.97 Å². The van der Waals surface area contributed by atoms with E-state index in [9.17, 15) is 9.18 Å². The van der Waals surface area contributed by atoms with E-state index in [-0.39, 0.29) is 12.3 Å². The lowest BCUT2D eigenvalue weighted by molar-refractivity contribution is -0.132. The Kier molecular flexibility index (Phi) is 9.01. The molecule has 0 aliphatic rings. The average molecular weight is 464 g/mol. The molecule has 0 radical (unpaired) electrons. The minimum absolute atomic E-state index is 0.0393. The predicted octanol–water partition coefficient (Wildman–Crippen LogP) is 5.07. The monoisotopic (exact) mass is 464 g/mol. The molecule has 0 saturated heterocycles. The van der Waals surface area contributed by atoms with Crippen molar-refractivity contribution in [3.8, 4) is 0 Å². The molecule has 0 heterocycles. The van der Waals surface area contributed by atoms with Crippen LogP contribution in [-0.4, -0.2) is 36.4 Å². The Morgan fingerprint density at radius 2 is 1.81 bits per heavy atom. The summed E-state index contributed by atoms with van der Waals surface area (Å²) in [7, 11) is 4.81. The third kappa shape index (κ3) is 7.04. The van der Waals surface area contributed by atoms with Crippen molar-refractivity contribution >= 4 is 38.4 Å². The van der Waals surface area contributed by atoms with Gasteiger partial charge in [-0.25, -0.2) is 9.18 Å². The van der Waals surface area contributed by atoms with Crippen LogP contribution >= 0.6 is 21.0 Å². The summed E-state index contributed by atoms with van der Waals surface area (Å²) in [5.41, 5.74) is 3.58. The lowest BCUT2D eigenvalue weighted by Crippen LogP contribution is -2.20. The minimum Gasteiger partial charge on any atom is -0.464 e. The maximum absolute atomic E-state index is 14.1. The molecule has 0 saturated carbocycles. The molecule has 2 atom stereocenters. The molecule has 9 heteroatoms. The number of hydrogen-bond acceptors (Lipinski definition) is 7. The molecule has 0 aromatic heterocycles. The molecule has 6 nitrogen and oxygen atoms in total. The van der Waals surface area contributed by atoms with E-state index in [0.717, 1.165) is 33.3 Å². The van der Waals surface area contributed by atoms with Gasteiger partial charge in [0.05, 0.1) is 12.8 Å². The highest BCUT2D eigenvalue weighted by atomic mass is 32.2. The van der Waals surface area contributed by atoms with Crippen LogP contribution in [0, 0.1) is 6.92 Å². The molecular weight excluding hydrogens is 438 g/mol. The van der Waals surface area contributed by atoms with Gasteiger partial charge < -0.3 is 14.4 Å². The van der Waals surface area contributed by atoms with Crippen molar-refractivity contribution in [3.63, 3.8) is 0 Å². The summed E-state index contributed by atoms with van der Waals surface area (Å²) in [4.78, 5) is 23.3. The standard InChI is InChI=1S/C22H26FN2O4PS/c1-14-9-8-11-17(20(25-28-5)21(26)27-4)18(14)13-29-24-15(2)16-10-6-7-12-19(16)31-22(3,23)30/h6-12H,13,30H2,1-5H3/b24-15+,25-20+. The highest BCUT2D eigenvalue weighted by Crippen LogP contribution is 2.40. The zero-order valence-corrected chi connectivity index (χ0v) is 20.1. The summed E-state index contributed by atoms with van der Waals surface area (Å²) in [5, 5.41) is 8.03. The number of halogens is 1. The van der Waals surface area contributed by atoms with Crippen molar-refractivity contribution in [2.24, 2.45) is 10.3 Å². The zero-order valence-electron chi connectivity index (χ0n) is 18.1. The lowest BCUT2D eigenvalue weighted by Gasteiger charge is -2.16. The predicted molar refractivity (Wildman–Crippen MR) is 125 cm³/mol. The first-order valence-electron chi connectivity index (χ1n) is 9.39. The van der Waals surface area contributed by atoms with E-state index in [2.05, 4.69) is 19.6 Å². The van der Waals surface area contributed by atoms with Crippen LogP contribution in [0.1, 0.15) is 36.1 Å². The third-order valence-corrected chi connectivity index (χ3v) is 5.55. The molecule has 0 fully saturated rings. The van der Waals surface area contributed by atoms with Crippen LogP contribution < -0.4 is 0 Å². The van der Waals surface area contributed by atoms with Crippen molar-refractivity contribution in [2.45, 2.75) is 37.0 Å². The van der Waals surface area contributed by atoms with Gasteiger partial charge in [0.1, 0.15) is 13.7 Å². The van der Waals surface area contributed by atoms with Gasteiger partial charge in [-0.05, 0) is 32.4 Å². The maximum atomic E-state index is 14.1. The van der Waals surface area contributed by atoms with E-state index in [1.165, 1.54) is 21.1 Å². The van der Waals surface area contributed by atoms with Crippen LogP contribution in [0.2, 0.25) is 0 Å². The van der Waals surface area contributed by atoms with Crippen LogP contribution in [0.25, 0.3) is 0 Å². The molecule has 2 aromatic rings. The largest absolute Gasteiger partial charge is 0.464 e. The van der Waals surface area contributed by atoms with E-state index in [0.29, 0.717) is 11.3 Å². The molecule has 0 aliphatic heterocycles. The number of carbonyl (C=O) groups is 1. The lowest BCUT2D eigenvalue weighted by atomic mass is 9.99. The smallest absolute Gasteiger partial charge is 0.360 e. The quantitative estimate of drug-likeness (QED) is 0.170. The van der Waals surface area contributed by atoms with Gasteiger partial charge in [-0.2, -0.15) is 0 Å². The minimum atomic E-state index is -1.50. The van der Waals surface area contributed by atoms with Gasteiger partial charge in [0, 0.05) is 21.6 Å². The topological polar surface area (TPSA) is 69.5 Å². The third-order valence-electron chi connectivity index (χ3n) is 4.22. The molecule has 0 spiro atoms. The Labute approximate surface area is 188 Å². The number of carbonyl (C=O) groups excluding carboxylic acids is 1. The SMILES string of the molecule is CO/N=C(/C(=O)OC)c1cccc(C)c1CO/N=C(\C)c1ccccc1SC(C)(F)P. The molecular formula is C22H26FN2O4PS. The molecule has 0 aliphatic carbocycles. The molecule has 0 N–H and O–H groups in total. The Balaban J connectivity index is 2.30. The van der Waals surface area contributed by atoms with E-state index < -0.39 is 10.7 Å². The maximum Gasteiger partial charge on any atom is 0.360 e. The summed E-state index contributed by atoms with van der Waals surface area (Å²) in [5.74, 6) is -0.619. The average Bonchev–Trinajstić information content (AvgIpc) is 2.72. The van der Waals surface area contributed by atoms with Crippen molar-refractivity contribution in [2.75, 3.05) is 14.2 Å². The second-order valence-electron chi connectivity index (χ2n) is 6.75. The van der Waals surface area contributed by atoms with Gasteiger partial charge in [0.2, 0.25) is 0 Å².